The molecule has 0 heterocycles. The van der Waals surface area contributed by atoms with Crippen molar-refractivity contribution in [3.63, 3.8) is 0 Å². The fourth-order valence-corrected chi connectivity index (χ4v) is 1.91. The lowest BCUT2D eigenvalue weighted by atomic mass is 10.1. The molecule has 1 unspecified atom stereocenters. The van der Waals surface area contributed by atoms with Gasteiger partial charge in [0.2, 0.25) is 5.91 Å². The van der Waals surface area contributed by atoms with E-state index in [0.29, 0.717) is 19.0 Å². The summed E-state index contributed by atoms with van der Waals surface area (Å²) >= 11 is 0. The lowest BCUT2D eigenvalue weighted by Gasteiger charge is -2.15. The van der Waals surface area contributed by atoms with E-state index < -0.39 is 0 Å². The molecular weight excluding hydrogens is 244 g/mol. The molecule has 1 aliphatic rings. The number of methoxy groups -OCH3 is 1. The van der Waals surface area contributed by atoms with Gasteiger partial charge in [0.1, 0.15) is 6.04 Å². The molecule has 0 saturated heterocycles. The highest BCUT2D eigenvalue weighted by molar-refractivity contribution is 5.76. The minimum absolute atomic E-state index is 0.118. The van der Waals surface area contributed by atoms with Crippen LogP contribution in [0.1, 0.15) is 51.9 Å². The molecule has 0 spiro atoms. The van der Waals surface area contributed by atoms with Crippen LogP contribution in [0, 0.1) is 0 Å². The first-order valence-electron chi connectivity index (χ1n) is 7.28. The summed E-state index contributed by atoms with van der Waals surface area (Å²) in [6, 6.07) is 0.185. The van der Waals surface area contributed by atoms with Gasteiger partial charge in [-0.2, -0.15) is 0 Å². The Morgan fingerprint density at radius 1 is 1.32 bits per heavy atom. The quantitative estimate of drug-likeness (QED) is 0.465. The van der Waals surface area contributed by atoms with Crippen LogP contribution in [0.15, 0.2) is 0 Å². The molecule has 1 saturated carbocycles. The molecule has 1 rings (SSSR count). The van der Waals surface area contributed by atoms with Crippen LogP contribution in [-0.4, -0.2) is 37.6 Å². The highest BCUT2D eigenvalue weighted by Gasteiger charge is 2.23. The number of esters is 1. The van der Waals surface area contributed by atoms with Gasteiger partial charge in [-0.25, -0.2) is 0 Å². The van der Waals surface area contributed by atoms with Gasteiger partial charge in [0.15, 0.2) is 0 Å². The zero-order valence-electron chi connectivity index (χ0n) is 12.0. The Balaban J connectivity index is 2.11. The average molecular weight is 270 g/mol. The smallest absolute Gasteiger partial charge is 0.322 e. The summed E-state index contributed by atoms with van der Waals surface area (Å²) in [6.45, 7) is 2.76. The van der Waals surface area contributed by atoms with Crippen LogP contribution in [0.3, 0.4) is 0 Å². The Kier molecular flexibility index (Phi) is 7.48. The molecule has 0 aromatic rings. The molecule has 0 bridgehead atoms. The Morgan fingerprint density at radius 3 is 2.63 bits per heavy atom. The number of hydrogen-bond donors (Lipinski definition) is 2. The van der Waals surface area contributed by atoms with Crippen molar-refractivity contribution in [2.75, 3.05) is 13.7 Å². The maximum absolute atomic E-state index is 11.5. The summed E-state index contributed by atoms with van der Waals surface area (Å²) in [4.78, 5) is 23.0. The van der Waals surface area contributed by atoms with E-state index >= 15 is 0 Å². The lowest BCUT2D eigenvalue weighted by molar-refractivity contribution is -0.143. The van der Waals surface area contributed by atoms with Gasteiger partial charge in [0.05, 0.1) is 7.11 Å². The molecule has 1 aliphatic carbocycles. The highest BCUT2D eigenvalue weighted by Crippen LogP contribution is 2.18. The molecule has 5 heteroatoms. The van der Waals surface area contributed by atoms with Crippen molar-refractivity contribution in [1.82, 2.24) is 10.6 Å². The van der Waals surface area contributed by atoms with Crippen LogP contribution < -0.4 is 10.6 Å². The predicted molar refractivity (Wildman–Crippen MR) is 73.7 cm³/mol. The van der Waals surface area contributed by atoms with Crippen LogP contribution in [-0.2, 0) is 14.3 Å². The fraction of sp³-hybridized carbons (Fsp3) is 0.857. The van der Waals surface area contributed by atoms with Gasteiger partial charge in [-0.05, 0) is 32.2 Å². The first kappa shape index (κ1) is 16.0. The standard InChI is InChI=1S/C14H26N2O3/c1-3-4-6-12(14(18)19-2)15-10-5-7-13(17)16-11-8-9-11/h11-12,15H,3-10H2,1-2H3,(H,16,17). The molecule has 0 aliphatic heterocycles. The molecule has 1 amide bonds. The van der Waals surface area contributed by atoms with Gasteiger partial charge in [0, 0.05) is 12.5 Å². The topological polar surface area (TPSA) is 67.4 Å². The van der Waals surface area contributed by atoms with Crippen LogP contribution in [0.4, 0.5) is 0 Å². The van der Waals surface area contributed by atoms with E-state index in [1.54, 1.807) is 0 Å². The molecule has 2 N–H and O–H groups in total. The summed E-state index contributed by atoms with van der Waals surface area (Å²) in [5, 5.41) is 6.13. The molecule has 0 aromatic heterocycles. The first-order valence-corrected chi connectivity index (χ1v) is 7.28. The monoisotopic (exact) mass is 270 g/mol. The summed E-state index contributed by atoms with van der Waals surface area (Å²) in [5.41, 5.74) is 0. The maximum Gasteiger partial charge on any atom is 0.322 e. The number of amides is 1. The van der Waals surface area contributed by atoms with E-state index in [9.17, 15) is 9.59 Å². The fourth-order valence-electron chi connectivity index (χ4n) is 1.91. The molecule has 19 heavy (non-hydrogen) atoms. The Morgan fingerprint density at radius 2 is 2.05 bits per heavy atom. The molecule has 5 nitrogen and oxygen atoms in total. The van der Waals surface area contributed by atoms with E-state index in [0.717, 1.165) is 38.5 Å². The lowest BCUT2D eigenvalue weighted by Crippen LogP contribution is -2.38. The van der Waals surface area contributed by atoms with E-state index in [1.807, 2.05) is 0 Å². The Bertz CT molecular complexity index is 290. The van der Waals surface area contributed by atoms with Gasteiger partial charge < -0.3 is 15.4 Å². The van der Waals surface area contributed by atoms with Crippen molar-refractivity contribution in [2.45, 2.75) is 64.0 Å². The highest BCUT2D eigenvalue weighted by atomic mass is 16.5. The summed E-state index contributed by atoms with van der Waals surface area (Å²) in [6.07, 6.45) is 6.34. The van der Waals surface area contributed by atoms with Crippen molar-refractivity contribution in [3.05, 3.63) is 0 Å². The first-order chi connectivity index (χ1) is 9.17. The van der Waals surface area contributed by atoms with E-state index in [4.69, 9.17) is 4.74 Å². The SMILES string of the molecule is CCCCC(NCCCC(=O)NC1CC1)C(=O)OC. The average Bonchev–Trinajstić information content (AvgIpc) is 3.21. The number of unbranched alkanes of at least 4 members (excludes halogenated alkanes) is 1. The minimum atomic E-state index is -0.239. The second-order valence-electron chi connectivity index (χ2n) is 5.12. The summed E-state index contributed by atoms with van der Waals surface area (Å²) in [7, 11) is 1.41. The van der Waals surface area contributed by atoms with E-state index in [1.165, 1.54) is 7.11 Å². The summed E-state index contributed by atoms with van der Waals surface area (Å²) < 4.78 is 4.77. The van der Waals surface area contributed by atoms with Crippen LogP contribution >= 0.6 is 0 Å². The van der Waals surface area contributed by atoms with Crippen molar-refractivity contribution in [3.8, 4) is 0 Å². The number of rotatable bonds is 10. The van der Waals surface area contributed by atoms with Gasteiger partial charge in [-0.1, -0.05) is 19.8 Å². The van der Waals surface area contributed by atoms with E-state index in [-0.39, 0.29) is 17.9 Å². The zero-order valence-corrected chi connectivity index (χ0v) is 12.0. The van der Waals surface area contributed by atoms with Crippen molar-refractivity contribution in [2.24, 2.45) is 0 Å². The normalized spacial score (nSPS) is 15.9. The minimum Gasteiger partial charge on any atom is -0.468 e. The number of ether oxygens (including phenoxy) is 1. The van der Waals surface area contributed by atoms with Crippen LogP contribution in [0.2, 0.25) is 0 Å². The number of carbonyl (C=O) groups excluding carboxylic acids is 2. The third-order valence-corrected chi connectivity index (χ3v) is 3.25. The largest absolute Gasteiger partial charge is 0.468 e. The Labute approximate surface area is 115 Å². The van der Waals surface area contributed by atoms with Gasteiger partial charge in [-0.3, -0.25) is 9.59 Å². The zero-order chi connectivity index (χ0) is 14.1. The molecule has 1 fully saturated rings. The molecule has 110 valence electrons. The van der Waals surface area contributed by atoms with Crippen molar-refractivity contribution in [1.29, 1.82) is 0 Å². The van der Waals surface area contributed by atoms with Crippen molar-refractivity contribution < 1.29 is 14.3 Å². The van der Waals surface area contributed by atoms with Crippen LogP contribution in [0.5, 0.6) is 0 Å². The molecular formula is C14H26N2O3. The van der Waals surface area contributed by atoms with E-state index in [2.05, 4.69) is 17.6 Å². The van der Waals surface area contributed by atoms with Crippen molar-refractivity contribution >= 4 is 11.9 Å². The van der Waals surface area contributed by atoms with Gasteiger partial charge >= 0.3 is 5.97 Å². The molecule has 0 aromatic carbocycles. The molecule has 0 radical (unpaired) electrons. The third-order valence-electron chi connectivity index (χ3n) is 3.25. The maximum atomic E-state index is 11.5. The van der Waals surface area contributed by atoms with Crippen LogP contribution in [0.25, 0.3) is 0 Å². The third kappa shape index (κ3) is 7.15. The number of nitrogens with one attached hydrogen (secondary N) is 2. The Hall–Kier alpha value is -1.10. The van der Waals surface area contributed by atoms with Gasteiger partial charge in [0.25, 0.3) is 0 Å². The second-order valence-corrected chi connectivity index (χ2v) is 5.12. The second kappa shape index (κ2) is 8.91. The molecule has 1 atom stereocenters. The van der Waals surface area contributed by atoms with Gasteiger partial charge in [-0.15, -0.1) is 0 Å². The number of carbonyl (C=O) groups is 2. The number of hydrogen-bond acceptors (Lipinski definition) is 4. The summed E-state index contributed by atoms with van der Waals surface area (Å²) in [5.74, 6) is -0.0941. The predicted octanol–water partition coefficient (Wildman–Crippen LogP) is 1.37.